The van der Waals surface area contributed by atoms with E-state index < -0.39 is 37.3 Å². The second kappa shape index (κ2) is 7.91. The van der Waals surface area contributed by atoms with Crippen molar-refractivity contribution < 1.29 is 22.7 Å². The molecule has 144 valence electrons. The molecule has 3 aromatic rings. The maximum absolute atomic E-state index is 14.3. The lowest BCUT2D eigenvalue weighted by molar-refractivity contribution is 0.0696. The molecule has 4 nitrogen and oxygen atoms in total. The summed E-state index contributed by atoms with van der Waals surface area (Å²) in [5, 5.41) is 8.96. The first-order valence-electron chi connectivity index (χ1n) is 7.98. The third-order valence-electron chi connectivity index (χ3n) is 4.08. The zero-order chi connectivity index (χ0) is 20.5. The van der Waals surface area contributed by atoms with Crippen molar-refractivity contribution in [3.63, 3.8) is 0 Å². The van der Waals surface area contributed by atoms with Crippen molar-refractivity contribution in [2.45, 2.75) is 10.6 Å². The average Bonchev–Trinajstić information content (AvgIpc) is 2.64. The first kappa shape index (κ1) is 20.3. The summed E-state index contributed by atoms with van der Waals surface area (Å²) in [6.07, 6.45) is 0. The van der Waals surface area contributed by atoms with Gasteiger partial charge in [-0.25, -0.2) is 17.6 Å². The molecule has 0 amide bonds. The van der Waals surface area contributed by atoms with E-state index in [1.54, 1.807) is 18.2 Å². The minimum absolute atomic E-state index is 0.0318. The van der Waals surface area contributed by atoms with Gasteiger partial charge in [0.1, 0.15) is 4.90 Å². The molecule has 0 fully saturated rings. The SMILES string of the molecule is O=C(O)c1ccc(-c2ccccc2)cc1CS(=O)(=O)c1cc(Cl)cc(Cl)c1F. The molecule has 0 aromatic heterocycles. The molecule has 8 heteroatoms. The Balaban J connectivity index is 2.11. The van der Waals surface area contributed by atoms with Gasteiger partial charge in [-0.05, 0) is 41.0 Å². The van der Waals surface area contributed by atoms with Crippen LogP contribution < -0.4 is 0 Å². The van der Waals surface area contributed by atoms with Crippen molar-refractivity contribution in [1.29, 1.82) is 0 Å². The Morgan fingerprint density at radius 1 is 0.964 bits per heavy atom. The molecule has 0 heterocycles. The van der Waals surface area contributed by atoms with E-state index in [0.29, 0.717) is 5.56 Å². The zero-order valence-corrected chi connectivity index (χ0v) is 16.5. The standard InChI is InChI=1S/C20H13Cl2FO4S/c21-15-9-17(22)19(23)18(10-15)28(26,27)11-14-8-13(6-7-16(14)20(24)25)12-4-2-1-3-5-12/h1-10H,11H2,(H,24,25). The van der Waals surface area contributed by atoms with Gasteiger partial charge in [-0.2, -0.15) is 0 Å². The van der Waals surface area contributed by atoms with Gasteiger partial charge in [-0.3, -0.25) is 0 Å². The summed E-state index contributed by atoms with van der Waals surface area (Å²) in [6.45, 7) is 0. The molecule has 0 bridgehead atoms. The Kier molecular flexibility index (Phi) is 5.74. The van der Waals surface area contributed by atoms with E-state index in [0.717, 1.165) is 17.7 Å². The largest absolute Gasteiger partial charge is 0.478 e. The van der Waals surface area contributed by atoms with Crippen LogP contribution in [-0.4, -0.2) is 19.5 Å². The number of sulfone groups is 1. The fraction of sp³-hybridized carbons (Fsp3) is 0.0500. The Labute approximate surface area is 171 Å². The average molecular weight is 439 g/mol. The summed E-state index contributed by atoms with van der Waals surface area (Å²) in [7, 11) is -4.25. The molecule has 0 radical (unpaired) electrons. The molecule has 0 aliphatic rings. The van der Waals surface area contributed by atoms with E-state index >= 15 is 0 Å². The third kappa shape index (κ3) is 4.19. The van der Waals surface area contributed by atoms with Gasteiger partial charge in [0.25, 0.3) is 0 Å². The molecular weight excluding hydrogens is 426 g/mol. The number of hydrogen-bond donors (Lipinski definition) is 1. The summed E-state index contributed by atoms with van der Waals surface area (Å²) in [5.41, 5.74) is 1.27. The molecule has 3 aromatic carbocycles. The van der Waals surface area contributed by atoms with E-state index in [-0.39, 0.29) is 16.1 Å². The van der Waals surface area contributed by atoms with Crippen LogP contribution in [-0.2, 0) is 15.6 Å². The third-order valence-corrected chi connectivity index (χ3v) is 6.23. The van der Waals surface area contributed by atoms with Gasteiger partial charge < -0.3 is 5.11 Å². The Morgan fingerprint density at radius 3 is 2.29 bits per heavy atom. The first-order valence-corrected chi connectivity index (χ1v) is 10.4. The number of carbonyl (C=O) groups is 1. The topological polar surface area (TPSA) is 71.4 Å². The summed E-state index contributed by atoms with van der Waals surface area (Å²) < 4.78 is 39.9. The highest BCUT2D eigenvalue weighted by Crippen LogP contribution is 2.31. The minimum Gasteiger partial charge on any atom is -0.478 e. The monoisotopic (exact) mass is 438 g/mol. The van der Waals surface area contributed by atoms with Gasteiger partial charge in [-0.1, -0.05) is 59.6 Å². The van der Waals surface area contributed by atoms with Crippen molar-refractivity contribution in [1.82, 2.24) is 0 Å². The molecule has 0 aliphatic heterocycles. The van der Waals surface area contributed by atoms with Crippen LogP contribution in [0.25, 0.3) is 11.1 Å². The summed E-state index contributed by atoms with van der Waals surface area (Å²) in [6, 6.07) is 15.5. The second-order valence-corrected chi connectivity index (χ2v) is 8.80. The molecule has 0 saturated carbocycles. The molecule has 1 N–H and O–H groups in total. The number of aromatic carboxylic acids is 1. The zero-order valence-electron chi connectivity index (χ0n) is 14.2. The lowest BCUT2D eigenvalue weighted by Crippen LogP contribution is -2.11. The van der Waals surface area contributed by atoms with Gasteiger partial charge >= 0.3 is 5.97 Å². The molecule has 0 saturated heterocycles. The molecule has 0 aliphatic carbocycles. The fourth-order valence-corrected chi connectivity index (χ4v) is 4.88. The van der Waals surface area contributed by atoms with Crippen molar-refractivity contribution in [3.05, 3.63) is 87.7 Å². The van der Waals surface area contributed by atoms with E-state index in [9.17, 15) is 22.7 Å². The van der Waals surface area contributed by atoms with Crippen molar-refractivity contribution in [2.75, 3.05) is 0 Å². The second-order valence-electron chi connectivity index (χ2n) is 6.00. The van der Waals surface area contributed by atoms with E-state index in [1.807, 2.05) is 18.2 Å². The van der Waals surface area contributed by atoms with Crippen LogP contribution in [0, 0.1) is 5.82 Å². The van der Waals surface area contributed by atoms with Crippen LogP contribution in [0.15, 0.2) is 65.6 Å². The van der Waals surface area contributed by atoms with Crippen molar-refractivity contribution in [2.24, 2.45) is 0 Å². The number of carboxylic acids is 1. The van der Waals surface area contributed by atoms with Crippen LogP contribution in [0.2, 0.25) is 10.0 Å². The number of rotatable bonds is 5. The number of benzene rings is 3. The Hall–Kier alpha value is -2.41. The molecule has 3 rings (SSSR count). The molecule has 28 heavy (non-hydrogen) atoms. The predicted molar refractivity (Wildman–Crippen MR) is 106 cm³/mol. The number of hydrogen-bond acceptors (Lipinski definition) is 3. The van der Waals surface area contributed by atoms with Crippen LogP contribution in [0.3, 0.4) is 0 Å². The number of halogens is 3. The Morgan fingerprint density at radius 2 is 1.64 bits per heavy atom. The van der Waals surface area contributed by atoms with Crippen LogP contribution in [0.4, 0.5) is 4.39 Å². The van der Waals surface area contributed by atoms with Gasteiger partial charge in [0, 0.05) is 5.02 Å². The fourth-order valence-electron chi connectivity index (χ4n) is 2.77. The molecule has 0 spiro atoms. The quantitative estimate of drug-likeness (QED) is 0.535. The maximum atomic E-state index is 14.3. The first-order chi connectivity index (χ1) is 13.2. The predicted octanol–water partition coefficient (Wildman–Crippen LogP) is 5.47. The molecule has 0 atom stereocenters. The Bertz CT molecular complexity index is 1160. The van der Waals surface area contributed by atoms with Gasteiger partial charge in [0.2, 0.25) is 0 Å². The summed E-state index contributed by atoms with van der Waals surface area (Å²) in [5.74, 6) is -3.13. The van der Waals surface area contributed by atoms with Crippen LogP contribution in [0.1, 0.15) is 15.9 Å². The van der Waals surface area contributed by atoms with E-state index in [4.69, 9.17) is 23.2 Å². The maximum Gasteiger partial charge on any atom is 0.335 e. The highest BCUT2D eigenvalue weighted by Gasteiger charge is 2.25. The van der Waals surface area contributed by atoms with Gasteiger partial charge in [0.05, 0.1) is 16.3 Å². The molecule has 0 unspecified atom stereocenters. The highest BCUT2D eigenvalue weighted by atomic mass is 35.5. The normalized spacial score (nSPS) is 11.4. The van der Waals surface area contributed by atoms with E-state index in [2.05, 4.69) is 0 Å². The van der Waals surface area contributed by atoms with Crippen LogP contribution >= 0.6 is 23.2 Å². The van der Waals surface area contributed by atoms with Gasteiger partial charge in [-0.15, -0.1) is 0 Å². The van der Waals surface area contributed by atoms with Crippen LogP contribution in [0.5, 0.6) is 0 Å². The smallest absolute Gasteiger partial charge is 0.335 e. The van der Waals surface area contributed by atoms with Gasteiger partial charge in [0.15, 0.2) is 15.7 Å². The molecular formula is C20H13Cl2FO4S. The summed E-state index contributed by atoms with van der Waals surface area (Å²) in [4.78, 5) is 10.9. The minimum atomic E-state index is -4.25. The van der Waals surface area contributed by atoms with Crippen molar-refractivity contribution >= 4 is 39.0 Å². The van der Waals surface area contributed by atoms with Crippen molar-refractivity contribution in [3.8, 4) is 11.1 Å². The lowest BCUT2D eigenvalue weighted by atomic mass is 10.00. The summed E-state index contributed by atoms with van der Waals surface area (Å²) >= 11 is 11.5. The number of carboxylic acid groups (broad SMARTS) is 1. The lowest BCUT2D eigenvalue weighted by Gasteiger charge is -2.12. The highest BCUT2D eigenvalue weighted by molar-refractivity contribution is 7.90. The van der Waals surface area contributed by atoms with E-state index in [1.165, 1.54) is 12.1 Å².